The van der Waals surface area contributed by atoms with E-state index in [0.717, 1.165) is 24.0 Å². The molecule has 0 aromatic heterocycles. The molecule has 4 fully saturated rings. The van der Waals surface area contributed by atoms with Gasteiger partial charge in [0.15, 0.2) is 0 Å². The molecule has 4 rings (SSSR count). The quantitative estimate of drug-likeness (QED) is 0.290. The molecule has 0 aromatic carbocycles. The molecular weight excluding hydrogens is 579 g/mol. The van der Waals surface area contributed by atoms with Crippen LogP contribution in [0.1, 0.15) is 91.4 Å². The number of amides is 1. The summed E-state index contributed by atoms with van der Waals surface area (Å²) in [6, 6.07) is 0. The van der Waals surface area contributed by atoms with Gasteiger partial charge in [0.1, 0.15) is 11.6 Å². The van der Waals surface area contributed by atoms with Crippen molar-refractivity contribution in [2.75, 3.05) is 6.61 Å². The summed E-state index contributed by atoms with van der Waals surface area (Å²) in [5, 5.41) is 10.2. The van der Waals surface area contributed by atoms with Crippen LogP contribution in [0.5, 0.6) is 0 Å². The Kier molecular flexibility index (Phi) is 9.25. The van der Waals surface area contributed by atoms with Gasteiger partial charge in [-0.25, -0.2) is 4.72 Å². The largest absolute Gasteiger partial charge is 0.516 e. The van der Waals surface area contributed by atoms with Gasteiger partial charge in [-0.3, -0.25) is 19.2 Å². The van der Waals surface area contributed by atoms with Gasteiger partial charge in [0.2, 0.25) is 5.91 Å². The number of hydrogen-bond donors (Lipinski definition) is 2. The second-order valence-electron chi connectivity index (χ2n) is 13.4. The number of rotatable bonds is 9. The summed E-state index contributed by atoms with van der Waals surface area (Å²) in [6.07, 6.45) is 3.93. The van der Waals surface area contributed by atoms with Gasteiger partial charge in [-0.05, 0) is 80.0 Å². The van der Waals surface area contributed by atoms with Crippen LogP contribution in [0.25, 0.3) is 0 Å². The minimum absolute atomic E-state index is 0.00140. The highest BCUT2D eigenvalue weighted by molar-refractivity contribution is 7.90. The zero-order valence-electron chi connectivity index (χ0n) is 24.4. The highest BCUT2D eigenvalue weighted by Gasteiger charge is 2.66. The number of halogens is 3. The van der Waals surface area contributed by atoms with Gasteiger partial charge < -0.3 is 9.84 Å². The lowest BCUT2D eigenvalue weighted by Gasteiger charge is -2.59. The van der Waals surface area contributed by atoms with Gasteiger partial charge in [0, 0.05) is 37.0 Å². The van der Waals surface area contributed by atoms with E-state index in [0.29, 0.717) is 32.1 Å². The topological polar surface area (TPSA) is 144 Å². The fourth-order valence-corrected chi connectivity index (χ4v) is 9.39. The van der Waals surface area contributed by atoms with Crippen molar-refractivity contribution in [2.45, 2.75) is 103 Å². The minimum Gasteiger partial charge on any atom is -0.466 e. The molecule has 0 spiro atoms. The Bertz CT molecular complexity index is 1210. The molecule has 4 aliphatic carbocycles. The number of Topliss-reactive ketones (excluding diaryl/α,β-unsaturated/α-hetero) is 2. The van der Waals surface area contributed by atoms with E-state index in [9.17, 15) is 45.9 Å². The molecule has 238 valence electrons. The third-order valence-electron chi connectivity index (χ3n) is 11.2. The average molecular weight is 622 g/mol. The van der Waals surface area contributed by atoms with Crippen molar-refractivity contribution in [1.29, 1.82) is 0 Å². The second-order valence-corrected chi connectivity index (χ2v) is 15.1. The molecular formula is C29H42F3NO8S. The maximum Gasteiger partial charge on any atom is 0.516 e. The molecule has 0 heterocycles. The van der Waals surface area contributed by atoms with Gasteiger partial charge in [-0.2, -0.15) is 21.6 Å². The molecule has 9 atom stereocenters. The number of carbonyl (C=O) groups excluding carboxylic acids is 4. The van der Waals surface area contributed by atoms with Gasteiger partial charge >= 0.3 is 21.5 Å². The molecule has 13 heteroatoms. The second kappa shape index (κ2) is 11.8. The maximum atomic E-state index is 13.9. The van der Waals surface area contributed by atoms with E-state index in [2.05, 4.69) is 6.92 Å². The molecule has 42 heavy (non-hydrogen) atoms. The summed E-state index contributed by atoms with van der Waals surface area (Å²) >= 11 is 0. The maximum absolute atomic E-state index is 13.9. The van der Waals surface area contributed by atoms with Gasteiger partial charge in [0.25, 0.3) is 0 Å². The van der Waals surface area contributed by atoms with Crippen LogP contribution in [0.3, 0.4) is 0 Å². The van der Waals surface area contributed by atoms with Gasteiger partial charge in [-0.1, -0.05) is 20.8 Å². The van der Waals surface area contributed by atoms with E-state index >= 15 is 0 Å². The van der Waals surface area contributed by atoms with Crippen molar-refractivity contribution >= 4 is 33.5 Å². The third kappa shape index (κ3) is 6.01. The molecule has 0 radical (unpaired) electrons. The standard InChI is InChI=1S/C29H42F3NO8S/c1-16(6-9-25(38)41-12-4-5-24(37)33-42(39,40)29(30,31)32)19-7-8-20-26-21(15-23(36)28(19,20)3)27(2)11-10-18(34)13-17(27)14-22(26)35/h16-21,26,34H,4-15H2,1-3H3,(H,33,37)/t16-,17+,18?,19-,20+,21+,26+,27+,28-/m1/s1. The lowest BCUT2D eigenvalue weighted by Crippen LogP contribution is -2.60. The van der Waals surface area contributed by atoms with Crippen molar-refractivity contribution in [3.8, 4) is 0 Å². The summed E-state index contributed by atoms with van der Waals surface area (Å²) in [6.45, 7) is 5.95. The number of aliphatic hydroxyl groups excluding tert-OH is 1. The number of sulfonamides is 1. The van der Waals surface area contributed by atoms with Gasteiger partial charge in [0.05, 0.1) is 12.7 Å². The Morgan fingerprint density at radius 2 is 1.79 bits per heavy atom. The Labute approximate surface area is 244 Å². The van der Waals surface area contributed by atoms with E-state index in [1.165, 1.54) is 0 Å². The molecule has 0 saturated heterocycles. The van der Waals surface area contributed by atoms with E-state index < -0.39 is 39.2 Å². The van der Waals surface area contributed by atoms with Crippen molar-refractivity contribution < 1.29 is 50.6 Å². The highest BCUT2D eigenvalue weighted by atomic mass is 32.2. The first kappa shape index (κ1) is 32.9. The smallest absolute Gasteiger partial charge is 0.466 e. The molecule has 1 amide bonds. The van der Waals surface area contributed by atoms with Crippen LogP contribution in [0.15, 0.2) is 0 Å². The first-order chi connectivity index (χ1) is 19.4. The van der Waals surface area contributed by atoms with Crippen LogP contribution in [0.4, 0.5) is 13.2 Å². The van der Waals surface area contributed by atoms with Crippen LogP contribution < -0.4 is 4.72 Å². The summed E-state index contributed by atoms with van der Waals surface area (Å²) in [5.74, 6) is -1.56. The monoisotopic (exact) mass is 621 g/mol. The molecule has 0 aliphatic heterocycles. The third-order valence-corrected chi connectivity index (χ3v) is 12.3. The molecule has 0 bridgehead atoms. The molecule has 9 nitrogen and oxygen atoms in total. The van der Waals surface area contributed by atoms with E-state index in [1.807, 2.05) is 13.8 Å². The molecule has 4 aliphatic rings. The number of esters is 1. The van der Waals surface area contributed by atoms with Crippen LogP contribution in [0.2, 0.25) is 0 Å². The highest BCUT2D eigenvalue weighted by Crippen LogP contribution is 2.66. The number of nitrogens with one attached hydrogen (secondary N) is 1. The number of carbonyl (C=O) groups is 4. The number of hydrogen-bond acceptors (Lipinski definition) is 8. The van der Waals surface area contributed by atoms with Crippen LogP contribution in [-0.4, -0.2) is 55.2 Å². The molecule has 2 N–H and O–H groups in total. The van der Waals surface area contributed by atoms with E-state index in [-0.39, 0.29) is 78.0 Å². The van der Waals surface area contributed by atoms with Crippen molar-refractivity contribution in [2.24, 2.45) is 46.3 Å². The van der Waals surface area contributed by atoms with Crippen LogP contribution >= 0.6 is 0 Å². The average Bonchev–Trinajstić information content (AvgIpc) is 3.24. The first-order valence-electron chi connectivity index (χ1n) is 14.9. The fraction of sp³-hybridized carbons (Fsp3) is 0.862. The Balaban J connectivity index is 1.29. The predicted molar refractivity (Wildman–Crippen MR) is 144 cm³/mol. The molecule has 0 aromatic rings. The van der Waals surface area contributed by atoms with Crippen molar-refractivity contribution in [1.82, 2.24) is 4.72 Å². The summed E-state index contributed by atoms with van der Waals surface area (Å²) in [5.41, 5.74) is -6.38. The number of fused-ring (bicyclic) bond motifs is 5. The minimum atomic E-state index is -5.77. The fourth-order valence-electron chi connectivity index (χ4n) is 8.87. The number of aliphatic hydroxyl groups is 1. The van der Waals surface area contributed by atoms with E-state index in [4.69, 9.17) is 4.74 Å². The lowest BCUT2D eigenvalue weighted by molar-refractivity contribution is -0.168. The van der Waals surface area contributed by atoms with Crippen LogP contribution in [0, 0.1) is 46.3 Å². The SMILES string of the molecule is C[C@H](CCC(=O)OCCCC(=O)NS(=O)(=O)C(F)(F)F)[C@H]1CC[C@H]2[C@@H]3C(=O)C[C@@H]4CC(O)CC[C@]4(C)[C@H]3CC(=O)[C@]12C. The number of alkyl halides is 3. The number of ether oxygens (including phenoxy) is 1. The van der Waals surface area contributed by atoms with Crippen molar-refractivity contribution in [3.63, 3.8) is 0 Å². The number of ketones is 2. The first-order valence-corrected chi connectivity index (χ1v) is 16.4. The summed E-state index contributed by atoms with van der Waals surface area (Å²) in [7, 11) is -5.77. The zero-order chi connectivity index (χ0) is 31.3. The Morgan fingerprint density at radius 1 is 1.10 bits per heavy atom. The molecule has 1 unspecified atom stereocenters. The van der Waals surface area contributed by atoms with Gasteiger partial charge in [-0.15, -0.1) is 0 Å². The lowest BCUT2D eigenvalue weighted by atomic mass is 9.43. The Hall–Kier alpha value is -2.02. The van der Waals surface area contributed by atoms with E-state index in [1.54, 1.807) is 0 Å². The normalized spacial score (nSPS) is 37.3. The van der Waals surface area contributed by atoms with Crippen molar-refractivity contribution in [3.05, 3.63) is 0 Å². The summed E-state index contributed by atoms with van der Waals surface area (Å²) in [4.78, 5) is 51.2. The Morgan fingerprint density at radius 3 is 2.45 bits per heavy atom. The zero-order valence-corrected chi connectivity index (χ0v) is 25.2. The predicted octanol–water partition coefficient (Wildman–Crippen LogP) is 4.07. The summed E-state index contributed by atoms with van der Waals surface area (Å²) < 4.78 is 65.0. The molecule has 4 saturated carbocycles. The van der Waals surface area contributed by atoms with Crippen LogP contribution in [-0.2, 0) is 33.9 Å².